The zero-order valence-corrected chi connectivity index (χ0v) is 12.9. The van der Waals surface area contributed by atoms with Crippen LogP contribution in [-0.4, -0.2) is 48.9 Å². The maximum atomic E-state index is 12.8. The number of ether oxygens (including phenoxy) is 1. The van der Waals surface area contributed by atoms with Gasteiger partial charge < -0.3 is 15.0 Å². The van der Waals surface area contributed by atoms with Crippen LogP contribution in [0.1, 0.15) is 18.4 Å². The highest BCUT2D eigenvalue weighted by molar-refractivity contribution is 5.86. The van der Waals surface area contributed by atoms with Crippen molar-refractivity contribution >= 4 is 17.8 Å². The zero-order chi connectivity index (χ0) is 16.8. The Morgan fingerprint density at radius 1 is 1.26 bits per heavy atom. The van der Waals surface area contributed by atoms with Crippen molar-refractivity contribution < 1.29 is 23.5 Å². The van der Waals surface area contributed by atoms with Crippen LogP contribution in [0.3, 0.4) is 0 Å². The minimum absolute atomic E-state index is 0.0422. The second-order valence-electron chi connectivity index (χ2n) is 5.56. The smallest absolute Gasteiger partial charge is 0.310 e. The molecule has 0 heterocycles. The first-order chi connectivity index (χ1) is 10.9. The van der Waals surface area contributed by atoms with E-state index >= 15 is 0 Å². The van der Waals surface area contributed by atoms with Gasteiger partial charge in [-0.1, -0.05) is 12.1 Å². The summed E-state index contributed by atoms with van der Waals surface area (Å²) in [6.45, 7) is -0.488. The normalized spacial score (nSPS) is 13.3. The maximum absolute atomic E-state index is 12.8. The highest BCUT2D eigenvalue weighted by Gasteiger charge is 2.24. The topological polar surface area (TPSA) is 75.7 Å². The van der Waals surface area contributed by atoms with E-state index in [4.69, 9.17) is 4.74 Å². The number of halogens is 1. The highest BCUT2D eigenvalue weighted by atomic mass is 19.1. The van der Waals surface area contributed by atoms with Gasteiger partial charge in [0, 0.05) is 13.1 Å². The predicted molar refractivity (Wildman–Crippen MR) is 79.9 cm³/mol. The first-order valence-corrected chi connectivity index (χ1v) is 7.37. The van der Waals surface area contributed by atoms with Crippen LogP contribution in [0.5, 0.6) is 0 Å². The Bertz CT molecular complexity index is 584. The van der Waals surface area contributed by atoms with E-state index < -0.39 is 18.5 Å². The molecule has 0 saturated heterocycles. The molecule has 23 heavy (non-hydrogen) atoms. The van der Waals surface area contributed by atoms with Crippen LogP contribution >= 0.6 is 0 Å². The summed E-state index contributed by atoms with van der Waals surface area (Å²) in [6.07, 6.45) is 1.91. The Hall–Kier alpha value is -2.44. The minimum atomic E-state index is -0.583. The molecule has 0 unspecified atom stereocenters. The number of nitrogens with zero attached hydrogens (tertiary/aromatic N) is 1. The molecule has 0 radical (unpaired) electrons. The molecule has 1 aliphatic carbocycles. The lowest BCUT2D eigenvalue weighted by Crippen LogP contribution is -2.40. The van der Waals surface area contributed by atoms with Crippen molar-refractivity contribution in [1.82, 2.24) is 10.2 Å². The van der Waals surface area contributed by atoms with Gasteiger partial charge in [-0.15, -0.1) is 0 Å². The molecule has 124 valence electrons. The molecule has 1 aromatic carbocycles. The summed E-state index contributed by atoms with van der Waals surface area (Å²) in [5, 5.41) is 2.77. The predicted octanol–water partition coefficient (Wildman–Crippen LogP) is 0.648. The van der Waals surface area contributed by atoms with Gasteiger partial charge in [0.1, 0.15) is 5.82 Å². The van der Waals surface area contributed by atoms with Crippen molar-refractivity contribution in [3.05, 3.63) is 35.6 Å². The zero-order valence-electron chi connectivity index (χ0n) is 12.9. The van der Waals surface area contributed by atoms with E-state index in [0.717, 1.165) is 12.8 Å². The van der Waals surface area contributed by atoms with Gasteiger partial charge in [-0.05, 0) is 30.5 Å². The Morgan fingerprint density at radius 3 is 2.52 bits per heavy atom. The Kier molecular flexibility index (Phi) is 5.67. The van der Waals surface area contributed by atoms with Gasteiger partial charge in [0.2, 0.25) is 5.91 Å². The van der Waals surface area contributed by atoms with Crippen LogP contribution in [0.4, 0.5) is 4.39 Å². The van der Waals surface area contributed by atoms with E-state index in [1.165, 1.54) is 36.2 Å². The summed E-state index contributed by atoms with van der Waals surface area (Å²) in [5.41, 5.74) is 0.598. The van der Waals surface area contributed by atoms with Crippen molar-refractivity contribution in [1.29, 1.82) is 0 Å². The third kappa shape index (κ3) is 6.06. The number of carbonyl (C=O) groups is 3. The molecule has 2 amide bonds. The average Bonchev–Trinajstić information content (AvgIpc) is 3.30. The van der Waals surface area contributed by atoms with E-state index in [1.807, 2.05) is 0 Å². The molecule has 0 bridgehead atoms. The van der Waals surface area contributed by atoms with E-state index in [2.05, 4.69) is 5.32 Å². The SMILES string of the molecule is CN(CC(=O)NC1CC1)C(=O)COC(=O)Cc1ccc(F)cc1. The molecule has 0 aliphatic heterocycles. The minimum Gasteiger partial charge on any atom is -0.455 e. The fraction of sp³-hybridized carbons (Fsp3) is 0.438. The molecule has 1 aliphatic rings. The van der Waals surface area contributed by atoms with Gasteiger partial charge in [0.15, 0.2) is 6.61 Å². The van der Waals surface area contributed by atoms with Gasteiger partial charge in [0.05, 0.1) is 13.0 Å². The Labute approximate surface area is 133 Å². The molecule has 1 saturated carbocycles. The lowest BCUT2D eigenvalue weighted by molar-refractivity contribution is -0.151. The standard InChI is InChI=1S/C16H19FN2O4/c1-19(9-14(20)18-13-6-7-13)15(21)10-23-16(22)8-11-2-4-12(17)5-3-11/h2-5,13H,6-10H2,1H3,(H,18,20). The van der Waals surface area contributed by atoms with E-state index in [1.54, 1.807) is 0 Å². The summed E-state index contributed by atoms with van der Waals surface area (Å²) in [4.78, 5) is 36.2. The number of rotatable bonds is 7. The maximum Gasteiger partial charge on any atom is 0.310 e. The van der Waals surface area contributed by atoms with Gasteiger partial charge in [0.25, 0.3) is 5.91 Å². The molecule has 1 aromatic rings. The van der Waals surface area contributed by atoms with E-state index in [-0.39, 0.29) is 30.7 Å². The van der Waals surface area contributed by atoms with Crippen molar-refractivity contribution in [2.45, 2.75) is 25.3 Å². The monoisotopic (exact) mass is 322 g/mol. The number of hydrogen-bond acceptors (Lipinski definition) is 4. The van der Waals surface area contributed by atoms with Crippen LogP contribution in [0.15, 0.2) is 24.3 Å². The van der Waals surface area contributed by atoms with Crippen LogP contribution in [-0.2, 0) is 25.5 Å². The van der Waals surface area contributed by atoms with Crippen LogP contribution in [0.25, 0.3) is 0 Å². The van der Waals surface area contributed by atoms with Gasteiger partial charge in [-0.25, -0.2) is 4.39 Å². The number of esters is 1. The second kappa shape index (κ2) is 7.71. The van der Waals surface area contributed by atoms with Gasteiger partial charge >= 0.3 is 5.97 Å². The fourth-order valence-electron chi connectivity index (χ4n) is 1.88. The van der Waals surface area contributed by atoms with Gasteiger partial charge in [-0.2, -0.15) is 0 Å². The summed E-state index contributed by atoms with van der Waals surface area (Å²) in [5.74, 6) is -1.64. The summed E-state index contributed by atoms with van der Waals surface area (Å²) in [6, 6.07) is 5.69. The first kappa shape index (κ1) is 16.9. The molecule has 1 fully saturated rings. The Balaban J connectivity index is 1.68. The number of hydrogen-bond donors (Lipinski definition) is 1. The van der Waals surface area contributed by atoms with E-state index in [0.29, 0.717) is 5.56 Å². The van der Waals surface area contributed by atoms with Crippen LogP contribution < -0.4 is 5.32 Å². The molecule has 0 atom stereocenters. The number of carbonyl (C=O) groups excluding carboxylic acids is 3. The first-order valence-electron chi connectivity index (χ1n) is 7.37. The van der Waals surface area contributed by atoms with E-state index in [9.17, 15) is 18.8 Å². The third-order valence-electron chi connectivity index (χ3n) is 3.37. The third-order valence-corrected chi connectivity index (χ3v) is 3.37. The summed E-state index contributed by atoms with van der Waals surface area (Å²) < 4.78 is 17.6. The number of benzene rings is 1. The van der Waals surface area contributed by atoms with Crippen molar-refractivity contribution in [2.75, 3.05) is 20.2 Å². The molecular weight excluding hydrogens is 303 g/mol. The lowest BCUT2D eigenvalue weighted by Gasteiger charge is -2.16. The number of amides is 2. The van der Waals surface area contributed by atoms with Crippen LogP contribution in [0, 0.1) is 5.82 Å². The number of likely N-dealkylation sites (N-methyl/N-ethyl adjacent to an activating group) is 1. The van der Waals surface area contributed by atoms with Crippen molar-refractivity contribution in [3.8, 4) is 0 Å². The molecule has 0 spiro atoms. The van der Waals surface area contributed by atoms with Crippen molar-refractivity contribution in [3.63, 3.8) is 0 Å². The number of nitrogens with one attached hydrogen (secondary N) is 1. The molecule has 6 nitrogen and oxygen atoms in total. The molecule has 0 aromatic heterocycles. The van der Waals surface area contributed by atoms with Crippen molar-refractivity contribution in [2.24, 2.45) is 0 Å². The molecule has 7 heteroatoms. The summed E-state index contributed by atoms with van der Waals surface area (Å²) in [7, 11) is 1.47. The highest BCUT2D eigenvalue weighted by Crippen LogP contribution is 2.18. The summed E-state index contributed by atoms with van der Waals surface area (Å²) >= 11 is 0. The molecule has 2 rings (SSSR count). The Morgan fingerprint density at radius 2 is 1.91 bits per heavy atom. The quantitative estimate of drug-likeness (QED) is 0.748. The second-order valence-corrected chi connectivity index (χ2v) is 5.56. The molecular formula is C16H19FN2O4. The average molecular weight is 322 g/mol. The largest absolute Gasteiger partial charge is 0.455 e. The lowest BCUT2D eigenvalue weighted by atomic mass is 10.1. The molecule has 1 N–H and O–H groups in total. The van der Waals surface area contributed by atoms with Crippen LogP contribution in [0.2, 0.25) is 0 Å². The fourth-order valence-corrected chi connectivity index (χ4v) is 1.88. The van der Waals surface area contributed by atoms with Gasteiger partial charge in [-0.3, -0.25) is 14.4 Å².